The first kappa shape index (κ1) is 15.6. The number of nitrogens with zero attached hydrogens (tertiary/aromatic N) is 2. The second kappa shape index (κ2) is 6.30. The monoisotopic (exact) mass is 277 g/mol. The molecule has 0 aromatic carbocycles. The van der Waals surface area contributed by atoms with Gasteiger partial charge in [0.05, 0.1) is 6.33 Å². The van der Waals surface area contributed by atoms with Crippen molar-refractivity contribution in [3.63, 3.8) is 0 Å². The van der Waals surface area contributed by atoms with Crippen LogP contribution in [0.5, 0.6) is 0 Å². The molecular formula is C17H31N3. The summed E-state index contributed by atoms with van der Waals surface area (Å²) in [6.07, 6.45) is 9.92. The van der Waals surface area contributed by atoms with Gasteiger partial charge < -0.3 is 9.88 Å². The summed E-state index contributed by atoms with van der Waals surface area (Å²) in [7, 11) is 0. The first-order chi connectivity index (χ1) is 9.36. The lowest BCUT2D eigenvalue weighted by Crippen LogP contribution is -2.51. The Hall–Kier alpha value is -0.830. The van der Waals surface area contributed by atoms with Gasteiger partial charge in [0.1, 0.15) is 0 Å². The molecule has 0 amide bonds. The Kier molecular flexibility index (Phi) is 4.90. The summed E-state index contributed by atoms with van der Waals surface area (Å²) in [6, 6.07) is 1.14. The van der Waals surface area contributed by atoms with Crippen molar-refractivity contribution in [2.45, 2.75) is 72.5 Å². The largest absolute Gasteiger partial charge is 0.336 e. The molecule has 0 aliphatic heterocycles. The molecule has 3 nitrogen and oxygen atoms in total. The van der Waals surface area contributed by atoms with Crippen molar-refractivity contribution in [1.29, 1.82) is 0 Å². The van der Waals surface area contributed by atoms with Crippen molar-refractivity contribution >= 4 is 0 Å². The molecule has 1 aromatic rings. The number of imidazole rings is 1. The third-order valence-corrected chi connectivity index (χ3v) is 4.87. The maximum atomic E-state index is 4.17. The molecule has 2 rings (SSSR count). The Morgan fingerprint density at radius 2 is 2.05 bits per heavy atom. The third-order valence-electron chi connectivity index (χ3n) is 4.87. The van der Waals surface area contributed by atoms with Crippen molar-refractivity contribution < 1.29 is 0 Å². The normalized spacial score (nSPS) is 29.4. The summed E-state index contributed by atoms with van der Waals surface area (Å²) < 4.78 is 2.19. The molecule has 0 saturated heterocycles. The van der Waals surface area contributed by atoms with Gasteiger partial charge in [-0.1, -0.05) is 41.0 Å². The van der Waals surface area contributed by atoms with Crippen molar-refractivity contribution in [1.82, 2.24) is 14.9 Å². The Morgan fingerprint density at radius 1 is 1.30 bits per heavy atom. The second-order valence-electron chi connectivity index (χ2n) is 7.85. The molecule has 1 saturated carbocycles. The molecule has 3 heteroatoms. The van der Waals surface area contributed by atoms with E-state index in [0.717, 1.165) is 18.4 Å². The Labute approximate surface area is 124 Å². The van der Waals surface area contributed by atoms with Gasteiger partial charge in [0.15, 0.2) is 0 Å². The molecule has 1 aromatic heterocycles. The van der Waals surface area contributed by atoms with Crippen LogP contribution in [0.3, 0.4) is 0 Å². The standard InChI is InChI=1S/C17H31N3/c1-13-6-7-14(2)15(10-13)19-16(17(3,4)5)11-20-9-8-18-12-20/h8-9,12-16,19H,6-7,10-11H2,1-5H3. The minimum Gasteiger partial charge on any atom is -0.336 e. The molecule has 0 radical (unpaired) electrons. The average molecular weight is 277 g/mol. The van der Waals surface area contributed by atoms with Crippen LogP contribution in [0, 0.1) is 17.3 Å². The van der Waals surface area contributed by atoms with E-state index in [-0.39, 0.29) is 5.41 Å². The van der Waals surface area contributed by atoms with E-state index in [1.165, 1.54) is 19.3 Å². The van der Waals surface area contributed by atoms with Gasteiger partial charge in [-0.05, 0) is 30.1 Å². The summed E-state index contributed by atoms with van der Waals surface area (Å²) in [5, 5.41) is 3.97. The summed E-state index contributed by atoms with van der Waals surface area (Å²) in [5.74, 6) is 1.65. The lowest BCUT2D eigenvalue weighted by Gasteiger charge is -2.40. The molecule has 4 atom stereocenters. The average Bonchev–Trinajstić information content (AvgIpc) is 2.84. The van der Waals surface area contributed by atoms with Gasteiger partial charge in [-0.15, -0.1) is 0 Å². The van der Waals surface area contributed by atoms with Gasteiger partial charge >= 0.3 is 0 Å². The van der Waals surface area contributed by atoms with E-state index in [1.54, 1.807) is 0 Å². The fourth-order valence-corrected chi connectivity index (χ4v) is 3.21. The molecule has 0 bridgehead atoms. The fraction of sp³-hybridized carbons (Fsp3) is 0.824. The third kappa shape index (κ3) is 4.08. The second-order valence-corrected chi connectivity index (χ2v) is 7.85. The lowest BCUT2D eigenvalue weighted by atomic mass is 9.78. The number of hydrogen-bond acceptors (Lipinski definition) is 2. The van der Waals surface area contributed by atoms with Gasteiger partial charge in [0.2, 0.25) is 0 Å². The molecule has 1 fully saturated rings. The van der Waals surface area contributed by atoms with Gasteiger partial charge in [0.25, 0.3) is 0 Å². The molecule has 1 N–H and O–H groups in total. The van der Waals surface area contributed by atoms with Crippen LogP contribution in [0.15, 0.2) is 18.7 Å². The van der Waals surface area contributed by atoms with E-state index in [9.17, 15) is 0 Å². The number of aromatic nitrogens is 2. The van der Waals surface area contributed by atoms with Crippen molar-refractivity contribution in [3.05, 3.63) is 18.7 Å². The molecule has 114 valence electrons. The van der Waals surface area contributed by atoms with E-state index in [1.807, 2.05) is 12.5 Å². The predicted molar refractivity (Wildman–Crippen MR) is 84.6 cm³/mol. The molecule has 20 heavy (non-hydrogen) atoms. The summed E-state index contributed by atoms with van der Waals surface area (Å²) in [5.41, 5.74) is 0.255. The van der Waals surface area contributed by atoms with Crippen LogP contribution >= 0.6 is 0 Å². The highest BCUT2D eigenvalue weighted by Gasteiger charge is 2.31. The van der Waals surface area contributed by atoms with Gasteiger partial charge in [-0.25, -0.2) is 4.98 Å². The van der Waals surface area contributed by atoms with Crippen LogP contribution in [0.2, 0.25) is 0 Å². The molecule has 1 aliphatic carbocycles. The zero-order valence-corrected chi connectivity index (χ0v) is 13.8. The highest BCUT2D eigenvalue weighted by Crippen LogP contribution is 2.31. The van der Waals surface area contributed by atoms with Crippen molar-refractivity contribution in [2.24, 2.45) is 17.3 Å². The molecule has 1 aliphatic rings. The topological polar surface area (TPSA) is 29.9 Å². The first-order valence-electron chi connectivity index (χ1n) is 8.08. The van der Waals surface area contributed by atoms with Gasteiger partial charge in [-0.2, -0.15) is 0 Å². The zero-order chi connectivity index (χ0) is 14.8. The zero-order valence-electron chi connectivity index (χ0n) is 13.8. The molecule has 0 spiro atoms. The minimum absolute atomic E-state index is 0.255. The van der Waals surface area contributed by atoms with Crippen LogP contribution in [0.1, 0.15) is 53.9 Å². The minimum atomic E-state index is 0.255. The SMILES string of the molecule is CC1CCC(C)C(NC(Cn2ccnc2)C(C)(C)C)C1. The quantitative estimate of drug-likeness (QED) is 0.909. The van der Waals surface area contributed by atoms with E-state index >= 15 is 0 Å². The van der Waals surface area contributed by atoms with E-state index in [4.69, 9.17) is 0 Å². The van der Waals surface area contributed by atoms with E-state index < -0.39 is 0 Å². The Balaban J connectivity index is 2.03. The smallest absolute Gasteiger partial charge is 0.0946 e. The Bertz CT molecular complexity index is 391. The molecule has 1 heterocycles. The molecular weight excluding hydrogens is 246 g/mol. The van der Waals surface area contributed by atoms with Gasteiger partial charge in [-0.3, -0.25) is 0 Å². The van der Waals surface area contributed by atoms with Gasteiger partial charge in [0, 0.05) is 31.0 Å². The Morgan fingerprint density at radius 3 is 2.65 bits per heavy atom. The fourth-order valence-electron chi connectivity index (χ4n) is 3.21. The van der Waals surface area contributed by atoms with Crippen LogP contribution < -0.4 is 5.32 Å². The number of nitrogens with one attached hydrogen (secondary N) is 1. The highest BCUT2D eigenvalue weighted by atomic mass is 15.1. The summed E-state index contributed by atoms with van der Waals surface area (Å²) in [6.45, 7) is 12.8. The van der Waals surface area contributed by atoms with Crippen molar-refractivity contribution in [3.8, 4) is 0 Å². The first-order valence-corrected chi connectivity index (χ1v) is 8.08. The number of hydrogen-bond donors (Lipinski definition) is 1. The van der Waals surface area contributed by atoms with Crippen LogP contribution in [-0.4, -0.2) is 21.6 Å². The predicted octanol–water partition coefficient (Wildman–Crippen LogP) is 3.71. The molecule has 4 unspecified atom stereocenters. The highest BCUT2D eigenvalue weighted by molar-refractivity contribution is 4.90. The van der Waals surface area contributed by atoms with Crippen LogP contribution in [0.25, 0.3) is 0 Å². The summed E-state index contributed by atoms with van der Waals surface area (Å²) >= 11 is 0. The van der Waals surface area contributed by atoms with E-state index in [0.29, 0.717) is 12.1 Å². The summed E-state index contributed by atoms with van der Waals surface area (Å²) in [4.78, 5) is 4.17. The van der Waals surface area contributed by atoms with Crippen LogP contribution in [-0.2, 0) is 6.54 Å². The van der Waals surface area contributed by atoms with Crippen molar-refractivity contribution in [2.75, 3.05) is 0 Å². The maximum Gasteiger partial charge on any atom is 0.0946 e. The van der Waals surface area contributed by atoms with Crippen LogP contribution in [0.4, 0.5) is 0 Å². The lowest BCUT2D eigenvalue weighted by molar-refractivity contribution is 0.157. The van der Waals surface area contributed by atoms with E-state index in [2.05, 4.69) is 55.7 Å². The number of rotatable bonds is 4. The maximum absolute atomic E-state index is 4.17.